The average molecular weight is 1230 g/mol. The number of phenols is 8. The van der Waals surface area contributed by atoms with Crippen LogP contribution in [0.1, 0.15) is 90.4 Å². The van der Waals surface area contributed by atoms with Crippen LogP contribution in [-0.2, 0) is 0 Å². The second kappa shape index (κ2) is 20.1. The molecule has 8 bridgehead atoms. The first-order valence-electron chi connectivity index (χ1n) is 22.1. The third-order valence-corrected chi connectivity index (χ3v) is 16.4. The molecule has 72 heavy (non-hydrogen) atoms. The number of rotatable bonds is 8. The van der Waals surface area contributed by atoms with Crippen molar-refractivity contribution < 1.29 is 59.8 Å². The van der Waals surface area contributed by atoms with Crippen LogP contribution in [0.2, 0.25) is 0 Å². The highest BCUT2D eigenvalue weighted by Crippen LogP contribution is 2.59. The van der Waals surface area contributed by atoms with Gasteiger partial charge in [-0.2, -0.15) is 0 Å². The van der Waals surface area contributed by atoms with Crippen molar-refractivity contribution in [2.45, 2.75) is 23.7 Å². The first-order chi connectivity index (χ1) is 34.5. The Labute approximate surface area is 447 Å². The summed E-state index contributed by atoms with van der Waals surface area (Å²) in [6.45, 7) is 0. The van der Waals surface area contributed by atoms with Crippen molar-refractivity contribution in [3.8, 4) is 69.0 Å². The van der Waals surface area contributed by atoms with Crippen molar-refractivity contribution >= 4 is 63.7 Å². The summed E-state index contributed by atoms with van der Waals surface area (Å²) in [6, 6.07) is 34.2. The van der Waals surface area contributed by atoms with Crippen molar-refractivity contribution in [3.63, 3.8) is 0 Å². The van der Waals surface area contributed by atoms with Crippen LogP contribution in [0.25, 0.3) is 0 Å². The fourth-order valence-electron chi connectivity index (χ4n) is 9.73. The summed E-state index contributed by atoms with van der Waals surface area (Å²) in [6.07, 6.45) is 0. The highest BCUT2D eigenvalue weighted by Gasteiger charge is 2.38. The Hall–Kier alpha value is -6.72. The Bertz CT molecular complexity index is 2820. The van der Waals surface area contributed by atoms with E-state index in [2.05, 4.69) is 63.7 Å². The molecule has 0 atom stereocenters. The van der Waals surface area contributed by atoms with Gasteiger partial charge in [0.2, 0.25) is 0 Å². The van der Waals surface area contributed by atoms with Gasteiger partial charge < -0.3 is 59.8 Å². The van der Waals surface area contributed by atoms with Gasteiger partial charge in [-0.15, -0.1) is 0 Å². The monoisotopic (exact) mass is 1220 g/mol. The van der Waals surface area contributed by atoms with E-state index in [0.29, 0.717) is 45.3 Å². The molecule has 0 heterocycles. The van der Waals surface area contributed by atoms with Gasteiger partial charge in [0, 0.05) is 68.2 Å². The standard InChI is InChI=1S/C56H44Br4O12/c1-69-29-13-5-25(6-14-29)41-33-21-35(51(63)45(57)49(33)61)42(26-7-15-30(70-2)16-8-26)37-23-39(55(67)47(59)53(37)65)44(28-11-19-32(72-4)20-12-28)40-24-38(54(66)48(60)56(40)68)43(27-9-17-31(71-3)18-10-27)36-22-34(41)50(62)46(58)52(36)64/h5-24,41-44,61-68H,1-4H3. The Kier molecular flexibility index (Phi) is 14.0. The molecule has 0 saturated carbocycles. The van der Waals surface area contributed by atoms with E-state index in [4.69, 9.17) is 18.9 Å². The number of methoxy groups -OCH3 is 4. The summed E-state index contributed by atoms with van der Waals surface area (Å²) < 4.78 is 21.6. The molecule has 8 aromatic rings. The van der Waals surface area contributed by atoms with Crippen LogP contribution in [0.3, 0.4) is 0 Å². The minimum Gasteiger partial charge on any atom is -0.506 e. The minimum absolute atomic E-state index is 0.120. The molecule has 368 valence electrons. The Balaban J connectivity index is 1.53. The van der Waals surface area contributed by atoms with Gasteiger partial charge in [0.05, 0.1) is 28.4 Å². The lowest BCUT2D eigenvalue weighted by atomic mass is 9.75. The number of halogens is 4. The van der Waals surface area contributed by atoms with Crippen molar-refractivity contribution in [1.29, 1.82) is 0 Å². The third-order valence-electron chi connectivity index (χ3n) is 13.4. The van der Waals surface area contributed by atoms with E-state index in [1.165, 1.54) is 28.4 Å². The first-order valence-corrected chi connectivity index (χ1v) is 25.2. The SMILES string of the molecule is COc1ccc(C2c3cc(c(O)c(Br)c3O)C(c3ccc(OC)cc3)c3cc(c(O)c(Br)c3O)C(c3ccc(OC)cc3)c3cc(c(O)c(Br)c3O)C(c3ccc(OC)cc3)c3cc2c(O)c(Br)c3O)cc1. The number of fused-ring (bicyclic) bond motifs is 8. The Morgan fingerprint density at radius 1 is 0.264 bits per heavy atom. The maximum atomic E-state index is 12.4. The second-order valence-corrected chi connectivity index (χ2v) is 20.3. The van der Waals surface area contributed by atoms with Crippen molar-refractivity contribution in [2.75, 3.05) is 28.4 Å². The van der Waals surface area contributed by atoms with Crippen LogP contribution < -0.4 is 18.9 Å². The maximum Gasteiger partial charge on any atom is 0.137 e. The molecule has 16 heteroatoms. The molecule has 1 aliphatic rings. The topological polar surface area (TPSA) is 199 Å². The van der Waals surface area contributed by atoms with Gasteiger partial charge >= 0.3 is 0 Å². The molecule has 0 spiro atoms. The molecular formula is C56H44Br4O12. The summed E-state index contributed by atoms with van der Waals surface area (Å²) in [4.78, 5) is 0. The first kappa shape index (κ1) is 50.2. The molecule has 0 aromatic heterocycles. The van der Waals surface area contributed by atoms with Crippen LogP contribution >= 0.6 is 63.7 Å². The van der Waals surface area contributed by atoms with E-state index in [9.17, 15) is 40.9 Å². The molecule has 0 radical (unpaired) electrons. The van der Waals surface area contributed by atoms with Gasteiger partial charge in [-0.3, -0.25) is 0 Å². The van der Waals surface area contributed by atoms with Gasteiger partial charge in [0.15, 0.2) is 0 Å². The Morgan fingerprint density at radius 2 is 0.403 bits per heavy atom. The van der Waals surface area contributed by atoms with Gasteiger partial charge in [0.25, 0.3) is 0 Å². The van der Waals surface area contributed by atoms with Gasteiger partial charge in [-0.1, -0.05) is 48.5 Å². The normalized spacial score (nSPS) is 16.2. The summed E-state index contributed by atoms with van der Waals surface area (Å²) in [5, 5.41) is 99.2. The lowest BCUT2D eigenvalue weighted by Crippen LogP contribution is -2.13. The fourth-order valence-corrected chi connectivity index (χ4v) is 11.6. The molecule has 0 fully saturated rings. The van der Waals surface area contributed by atoms with E-state index >= 15 is 0 Å². The Morgan fingerprint density at radius 3 is 0.528 bits per heavy atom. The summed E-state index contributed by atoms with van der Waals surface area (Å²) in [5.41, 5.74) is 3.40. The molecule has 0 unspecified atom stereocenters. The summed E-state index contributed by atoms with van der Waals surface area (Å²) >= 11 is 14.0. The van der Waals surface area contributed by atoms with Crippen LogP contribution in [0.5, 0.6) is 69.0 Å². The van der Waals surface area contributed by atoms with Crippen LogP contribution in [0.15, 0.2) is 139 Å². The minimum atomic E-state index is -1.10. The summed E-state index contributed by atoms with van der Waals surface area (Å²) in [5.74, 6) is -5.54. The van der Waals surface area contributed by atoms with E-state index in [0.717, 1.165) is 0 Å². The molecule has 9 rings (SSSR count). The summed E-state index contributed by atoms with van der Waals surface area (Å²) in [7, 11) is 6.09. The molecule has 12 nitrogen and oxygen atoms in total. The zero-order valence-corrected chi connectivity index (χ0v) is 44.9. The average Bonchev–Trinajstić information content (AvgIpc) is 3.40. The van der Waals surface area contributed by atoms with Crippen molar-refractivity contribution in [3.05, 3.63) is 206 Å². The molecule has 8 aromatic carbocycles. The number of benzene rings is 8. The zero-order valence-electron chi connectivity index (χ0n) is 38.6. The molecule has 8 N–H and O–H groups in total. The van der Waals surface area contributed by atoms with E-state index in [1.54, 1.807) is 121 Å². The van der Waals surface area contributed by atoms with E-state index < -0.39 is 69.7 Å². The lowest BCUT2D eigenvalue weighted by molar-refractivity contribution is 0.414. The van der Waals surface area contributed by atoms with Crippen LogP contribution in [-0.4, -0.2) is 69.3 Å². The third kappa shape index (κ3) is 8.57. The van der Waals surface area contributed by atoms with Gasteiger partial charge in [-0.25, -0.2) is 0 Å². The largest absolute Gasteiger partial charge is 0.506 e. The molecule has 0 aliphatic heterocycles. The number of aromatic hydroxyl groups is 8. The lowest BCUT2D eigenvalue weighted by Gasteiger charge is -2.31. The molecule has 0 amide bonds. The van der Waals surface area contributed by atoms with Crippen molar-refractivity contribution in [1.82, 2.24) is 0 Å². The number of ether oxygens (including phenoxy) is 4. The maximum absolute atomic E-state index is 12.4. The quantitative estimate of drug-likeness (QED) is 0.0717. The zero-order chi connectivity index (χ0) is 51.4. The molecule has 1 aliphatic carbocycles. The van der Waals surface area contributed by atoms with E-state index in [1.807, 2.05) is 0 Å². The highest BCUT2D eigenvalue weighted by atomic mass is 79.9. The fraction of sp³-hybridized carbons (Fsp3) is 0.143. The van der Waals surface area contributed by atoms with Crippen LogP contribution in [0, 0.1) is 0 Å². The number of hydrogen-bond acceptors (Lipinski definition) is 12. The smallest absolute Gasteiger partial charge is 0.137 e. The van der Waals surface area contributed by atoms with Gasteiger partial charge in [0.1, 0.15) is 86.9 Å². The predicted molar refractivity (Wildman–Crippen MR) is 286 cm³/mol. The molecular weight excluding hydrogens is 1180 g/mol. The van der Waals surface area contributed by atoms with Crippen LogP contribution in [0.4, 0.5) is 0 Å². The van der Waals surface area contributed by atoms with E-state index in [-0.39, 0.29) is 62.4 Å². The molecule has 0 saturated heterocycles. The van der Waals surface area contributed by atoms with Gasteiger partial charge in [-0.05, 0) is 159 Å². The predicted octanol–water partition coefficient (Wildman–Crippen LogP) is 13.4. The number of phenolic OH excluding ortho intramolecular Hbond substituents is 8. The highest BCUT2D eigenvalue weighted by molar-refractivity contribution is 9.11. The second-order valence-electron chi connectivity index (χ2n) is 17.1. The van der Waals surface area contributed by atoms with Crippen molar-refractivity contribution in [2.24, 2.45) is 0 Å². The number of hydrogen-bond donors (Lipinski definition) is 8.